The summed E-state index contributed by atoms with van der Waals surface area (Å²) in [6, 6.07) is 15.6. The van der Waals surface area contributed by atoms with Crippen LogP contribution in [0.5, 0.6) is 0 Å². The van der Waals surface area contributed by atoms with E-state index in [-0.39, 0.29) is 6.03 Å². The summed E-state index contributed by atoms with van der Waals surface area (Å²) >= 11 is 0. The van der Waals surface area contributed by atoms with Crippen LogP contribution in [-0.4, -0.2) is 11.0 Å². The summed E-state index contributed by atoms with van der Waals surface area (Å²) in [6.45, 7) is 2.55. The van der Waals surface area contributed by atoms with Crippen LogP contribution < -0.4 is 10.6 Å². The molecule has 0 unspecified atom stereocenters. The van der Waals surface area contributed by atoms with Gasteiger partial charge in [-0.2, -0.15) is 0 Å². The van der Waals surface area contributed by atoms with E-state index in [2.05, 4.69) is 15.6 Å². The molecule has 0 aliphatic carbocycles. The third kappa shape index (κ3) is 3.05. The molecule has 0 bridgehead atoms. The molecule has 3 rings (SSSR count). The molecule has 1 aromatic heterocycles. The fourth-order valence-corrected chi connectivity index (χ4v) is 2.28. The van der Waals surface area contributed by atoms with E-state index < -0.39 is 0 Å². The van der Waals surface area contributed by atoms with Crippen molar-refractivity contribution < 1.29 is 4.79 Å². The predicted octanol–water partition coefficient (Wildman–Crippen LogP) is 3.80. The molecule has 1 heterocycles. The van der Waals surface area contributed by atoms with Crippen molar-refractivity contribution in [1.29, 1.82) is 0 Å². The Morgan fingerprint density at radius 1 is 1.14 bits per heavy atom. The highest BCUT2D eigenvalue weighted by Crippen LogP contribution is 2.17. The average molecular weight is 279 g/mol. The number of aryl methyl sites for hydroxylation is 1. The lowest BCUT2D eigenvalue weighted by Crippen LogP contribution is -2.28. The molecule has 106 valence electrons. The Balaban J connectivity index is 1.62. The number of nitrogens with one attached hydrogen (secondary N) is 3. The Hall–Kier alpha value is -2.75. The summed E-state index contributed by atoms with van der Waals surface area (Å²) in [5, 5.41) is 6.84. The molecule has 4 heteroatoms. The first-order valence-electron chi connectivity index (χ1n) is 6.89. The van der Waals surface area contributed by atoms with E-state index in [1.165, 1.54) is 5.56 Å². The molecule has 3 N–H and O–H groups in total. The summed E-state index contributed by atoms with van der Waals surface area (Å²) in [4.78, 5) is 15.1. The van der Waals surface area contributed by atoms with Crippen LogP contribution >= 0.6 is 0 Å². The summed E-state index contributed by atoms with van der Waals surface area (Å²) in [5.41, 5.74) is 4.07. The van der Waals surface area contributed by atoms with Crippen LogP contribution in [0, 0.1) is 6.92 Å². The first kappa shape index (κ1) is 13.2. The zero-order chi connectivity index (χ0) is 14.7. The molecular formula is C17H17N3O. The third-order valence-electron chi connectivity index (χ3n) is 3.51. The summed E-state index contributed by atoms with van der Waals surface area (Å²) in [7, 11) is 0. The number of carbonyl (C=O) groups is 1. The largest absolute Gasteiger partial charge is 0.361 e. The van der Waals surface area contributed by atoms with Gasteiger partial charge in [-0.05, 0) is 41.6 Å². The highest BCUT2D eigenvalue weighted by molar-refractivity contribution is 5.92. The van der Waals surface area contributed by atoms with Crippen LogP contribution in [0.1, 0.15) is 11.1 Å². The molecule has 0 atom stereocenters. The zero-order valence-corrected chi connectivity index (χ0v) is 11.8. The standard InChI is InChI=1S/C17H17N3O/c1-12-4-2-3-5-14(12)11-19-17(21)20-15-7-6-13-8-9-18-16(13)10-15/h2-10,18H,11H2,1H3,(H2,19,20,21). The van der Waals surface area contributed by atoms with E-state index in [9.17, 15) is 4.79 Å². The second-order valence-corrected chi connectivity index (χ2v) is 5.01. The molecule has 0 saturated heterocycles. The van der Waals surface area contributed by atoms with Crippen LogP contribution in [0.2, 0.25) is 0 Å². The molecule has 0 fully saturated rings. The second kappa shape index (κ2) is 5.71. The third-order valence-corrected chi connectivity index (χ3v) is 3.51. The number of aromatic amines is 1. The number of hydrogen-bond acceptors (Lipinski definition) is 1. The maximum Gasteiger partial charge on any atom is 0.319 e. The number of urea groups is 1. The van der Waals surface area contributed by atoms with Gasteiger partial charge in [0.15, 0.2) is 0 Å². The number of anilines is 1. The summed E-state index contributed by atoms with van der Waals surface area (Å²) in [5.74, 6) is 0. The quantitative estimate of drug-likeness (QED) is 0.671. The van der Waals surface area contributed by atoms with Crippen LogP contribution in [-0.2, 0) is 6.54 Å². The van der Waals surface area contributed by atoms with Crippen molar-refractivity contribution in [3.63, 3.8) is 0 Å². The molecule has 0 saturated carbocycles. The minimum atomic E-state index is -0.204. The number of aromatic nitrogens is 1. The van der Waals surface area contributed by atoms with Crippen molar-refractivity contribution in [2.45, 2.75) is 13.5 Å². The Kier molecular flexibility index (Phi) is 3.60. The first-order chi connectivity index (χ1) is 10.2. The van der Waals surface area contributed by atoms with Crippen molar-refractivity contribution >= 4 is 22.6 Å². The van der Waals surface area contributed by atoms with Gasteiger partial charge in [0, 0.05) is 23.9 Å². The van der Waals surface area contributed by atoms with Crippen LogP contribution in [0.15, 0.2) is 54.7 Å². The molecule has 0 radical (unpaired) electrons. The van der Waals surface area contributed by atoms with Gasteiger partial charge in [0.2, 0.25) is 0 Å². The Morgan fingerprint density at radius 2 is 2.00 bits per heavy atom. The zero-order valence-electron chi connectivity index (χ0n) is 11.8. The number of rotatable bonds is 3. The van der Waals surface area contributed by atoms with Gasteiger partial charge in [-0.3, -0.25) is 0 Å². The number of fused-ring (bicyclic) bond motifs is 1. The van der Waals surface area contributed by atoms with Crippen molar-refractivity contribution in [2.24, 2.45) is 0 Å². The maximum absolute atomic E-state index is 11.9. The first-order valence-corrected chi connectivity index (χ1v) is 6.89. The molecule has 2 aromatic carbocycles. The van der Waals surface area contributed by atoms with Crippen molar-refractivity contribution in [1.82, 2.24) is 10.3 Å². The highest BCUT2D eigenvalue weighted by Gasteiger charge is 2.04. The number of amides is 2. The lowest BCUT2D eigenvalue weighted by atomic mass is 10.1. The molecule has 3 aromatic rings. The lowest BCUT2D eigenvalue weighted by molar-refractivity contribution is 0.251. The molecule has 0 aliphatic rings. The maximum atomic E-state index is 11.9. The predicted molar refractivity (Wildman–Crippen MR) is 85.3 cm³/mol. The fraction of sp³-hybridized carbons (Fsp3) is 0.118. The van der Waals surface area contributed by atoms with E-state index in [4.69, 9.17) is 0 Å². The topological polar surface area (TPSA) is 56.9 Å². The SMILES string of the molecule is Cc1ccccc1CNC(=O)Nc1ccc2cc[nH]c2c1. The van der Waals surface area contributed by atoms with E-state index in [0.717, 1.165) is 22.2 Å². The summed E-state index contributed by atoms with van der Waals surface area (Å²) in [6.07, 6.45) is 1.88. The van der Waals surface area contributed by atoms with Gasteiger partial charge in [0.1, 0.15) is 0 Å². The molecule has 0 spiro atoms. The average Bonchev–Trinajstić information content (AvgIpc) is 2.94. The van der Waals surface area contributed by atoms with E-state index >= 15 is 0 Å². The lowest BCUT2D eigenvalue weighted by Gasteiger charge is -2.09. The molecule has 0 aliphatic heterocycles. The van der Waals surface area contributed by atoms with E-state index in [1.807, 2.05) is 61.7 Å². The van der Waals surface area contributed by atoms with Crippen LogP contribution in [0.4, 0.5) is 10.5 Å². The highest BCUT2D eigenvalue weighted by atomic mass is 16.2. The van der Waals surface area contributed by atoms with Crippen molar-refractivity contribution in [3.8, 4) is 0 Å². The molecule has 4 nitrogen and oxygen atoms in total. The number of benzene rings is 2. The number of hydrogen-bond donors (Lipinski definition) is 3. The Bertz CT molecular complexity index is 776. The van der Waals surface area contributed by atoms with E-state index in [0.29, 0.717) is 6.54 Å². The Labute approximate surface area is 123 Å². The van der Waals surface area contributed by atoms with Gasteiger partial charge in [-0.1, -0.05) is 30.3 Å². The molecule has 21 heavy (non-hydrogen) atoms. The fourth-order valence-electron chi connectivity index (χ4n) is 2.28. The van der Waals surface area contributed by atoms with Crippen molar-refractivity contribution in [3.05, 3.63) is 65.9 Å². The smallest absolute Gasteiger partial charge is 0.319 e. The van der Waals surface area contributed by atoms with Gasteiger partial charge in [0.05, 0.1) is 0 Å². The number of carbonyl (C=O) groups excluding carboxylic acids is 1. The van der Waals surface area contributed by atoms with Gasteiger partial charge < -0.3 is 15.6 Å². The second-order valence-electron chi connectivity index (χ2n) is 5.01. The normalized spacial score (nSPS) is 10.5. The number of H-pyrrole nitrogens is 1. The minimum Gasteiger partial charge on any atom is -0.361 e. The monoisotopic (exact) mass is 279 g/mol. The van der Waals surface area contributed by atoms with Crippen molar-refractivity contribution in [2.75, 3.05) is 5.32 Å². The Morgan fingerprint density at radius 3 is 2.86 bits per heavy atom. The van der Waals surface area contributed by atoms with Gasteiger partial charge >= 0.3 is 6.03 Å². The summed E-state index contributed by atoms with van der Waals surface area (Å²) < 4.78 is 0. The van der Waals surface area contributed by atoms with Gasteiger partial charge in [0.25, 0.3) is 0 Å². The van der Waals surface area contributed by atoms with Crippen LogP contribution in [0.25, 0.3) is 10.9 Å². The minimum absolute atomic E-state index is 0.204. The van der Waals surface area contributed by atoms with E-state index in [1.54, 1.807) is 0 Å². The molecule has 2 amide bonds. The molecular weight excluding hydrogens is 262 g/mol. The van der Waals surface area contributed by atoms with Gasteiger partial charge in [-0.25, -0.2) is 4.79 Å². The van der Waals surface area contributed by atoms with Crippen LogP contribution in [0.3, 0.4) is 0 Å². The van der Waals surface area contributed by atoms with Gasteiger partial charge in [-0.15, -0.1) is 0 Å².